The van der Waals surface area contributed by atoms with Crippen molar-refractivity contribution in [2.45, 2.75) is 30.7 Å². The molecule has 45 heavy (non-hydrogen) atoms. The average Bonchev–Trinajstić information content (AvgIpc) is 3.51. The highest BCUT2D eigenvalue weighted by Crippen LogP contribution is 2.44. The number of methoxy groups -OCH3 is 2. The minimum Gasteiger partial charge on any atom is -0.497 e. The van der Waals surface area contributed by atoms with Gasteiger partial charge >= 0.3 is 6.18 Å². The fourth-order valence-electron chi connectivity index (χ4n) is 4.76. The molecule has 0 atom stereocenters. The summed E-state index contributed by atoms with van der Waals surface area (Å²) in [6.07, 6.45) is -5.03. The van der Waals surface area contributed by atoms with Crippen LogP contribution in [-0.4, -0.2) is 42.8 Å². The zero-order valence-corrected chi connectivity index (χ0v) is 25.1. The summed E-state index contributed by atoms with van der Waals surface area (Å²) >= 11 is 0. The number of nitrogens with zero attached hydrogens (tertiary/aromatic N) is 4. The van der Waals surface area contributed by atoms with Gasteiger partial charge in [-0.3, -0.25) is 0 Å². The van der Waals surface area contributed by atoms with Gasteiger partial charge in [0.1, 0.15) is 16.4 Å². The molecule has 0 saturated heterocycles. The zero-order chi connectivity index (χ0) is 32.2. The van der Waals surface area contributed by atoms with Gasteiger partial charge < -0.3 is 15.2 Å². The van der Waals surface area contributed by atoms with Gasteiger partial charge in [0.05, 0.1) is 26.3 Å². The van der Waals surface area contributed by atoms with Crippen molar-refractivity contribution in [2.75, 3.05) is 14.2 Å². The highest BCUT2D eigenvalue weighted by Gasteiger charge is 2.41. The summed E-state index contributed by atoms with van der Waals surface area (Å²) in [5, 5.41) is 11.8. The van der Waals surface area contributed by atoms with Crippen LogP contribution in [0, 0.1) is 0 Å². The number of alkyl halides is 3. The molecule has 0 fully saturated rings. The van der Waals surface area contributed by atoms with Crippen LogP contribution in [0.25, 0.3) is 22.5 Å². The maximum absolute atomic E-state index is 14.6. The first-order valence-electron chi connectivity index (χ1n) is 13.6. The van der Waals surface area contributed by atoms with E-state index in [0.29, 0.717) is 28.2 Å². The number of nitrogens with one attached hydrogen (secondary N) is 1. The molecule has 0 aliphatic heterocycles. The van der Waals surface area contributed by atoms with Gasteiger partial charge in [0.2, 0.25) is 10.0 Å². The van der Waals surface area contributed by atoms with Crippen molar-refractivity contribution in [3.63, 3.8) is 0 Å². The number of hydrogen-bond donors (Lipinski definition) is 2. The molecule has 14 heteroatoms. The molecule has 0 saturated carbocycles. The predicted molar refractivity (Wildman–Crippen MR) is 161 cm³/mol. The zero-order valence-electron chi connectivity index (χ0n) is 24.2. The van der Waals surface area contributed by atoms with Crippen LogP contribution in [0.5, 0.6) is 11.5 Å². The minimum atomic E-state index is -5.03. The molecule has 0 amide bonds. The van der Waals surface area contributed by atoms with Gasteiger partial charge in [-0.05, 0) is 68.6 Å². The molecule has 0 aliphatic carbocycles. The molecule has 0 spiro atoms. The van der Waals surface area contributed by atoms with E-state index in [-0.39, 0.29) is 36.6 Å². The molecule has 0 bridgehead atoms. The molecule has 10 nitrogen and oxygen atoms in total. The highest BCUT2D eigenvalue weighted by molar-refractivity contribution is 7.89. The number of ether oxygens (including phenoxy) is 2. The number of tetrazole rings is 1. The van der Waals surface area contributed by atoms with Crippen LogP contribution in [0.4, 0.5) is 13.2 Å². The second-order valence-corrected chi connectivity index (χ2v) is 11.6. The van der Waals surface area contributed by atoms with Gasteiger partial charge in [-0.1, -0.05) is 54.6 Å². The third-order valence-corrected chi connectivity index (χ3v) is 8.59. The topological polar surface area (TPSA) is 134 Å². The molecule has 5 aromatic rings. The fraction of sp³-hybridized carbons (Fsp3) is 0.194. The van der Waals surface area contributed by atoms with E-state index < -0.39 is 26.7 Å². The van der Waals surface area contributed by atoms with E-state index in [2.05, 4.69) is 20.2 Å². The van der Waals surface area contributed by atoms with Gasteiger partial charge in [-0.25, -0.2) is 17.8 Å². The van der Waals surface area contributed by atoms with Crippen LogP contribution in [0.1, 0.15) is 22.3 Å². The first-order chi connectivity index (χ1) is 21.5. The Morgan fingerprint density at radius 3 is 1.96 bits per heavy atom. The maximum Gasteiger partial charge on any atom is 0.417 e. The lowest BCUT2D eigenvalue weighted by Gasteiger charge is -2.21. The number of sulfonamides is 1. The second kappa shape index (κ2) is 13.1. The third-order valence-electron chi connectivity index (χ3n) is 7.10. The second-order valence-electron chi connectivity index (χ2n) is 9.94. The molecule has 1 heterocycles. The van der Waals surface area contributed by atoms with Crippen LogP contribution >= 0.6 is 0 Å². The largest absolute Gasteiger partial charge is 0.497 e. The average molecular weight is 639 g/mol. The van der Waals surface area contributed by atoms with Crippen molar-refractivity contribution in [3.8, 4) is 34.0 Å². The van der Waals surface area contributed by atoms with E-state index in [9.17, 15) is 21.6 Å². The Morgan fingerprint density at radius 2 is 1.40 bits per heavy atom. The molecule has 3 N–H and O–H groups in total. The molecule has 4 aromatic carbocycles. The number of hydrogen-bond acceptors (Lipinski definition) is 8. The standard InChI is InChI=1S/C31H29F3N6O4S/c1-43-24-11-5-21(6-12-24)18-36-45(41,42)29-27(31(32,33)34)16-15-26(23-9-3-20(17-35)4-10-23)28(29)30-37-38-39-40(30)19-22-7-13-25(44-2)14-8-22/h3-16,36H,17-19,35H2,1-2H3. The lowest BCUT2D eigenvalue weighted by molar-refractivity contribution is -0.139. The van der Waals surface area contributed by atoms with Crippen LogP contribution in [0.3, 0.4) is 0 Å². The Balaban J connectivity index is 1.71. The normalized spacial score (nSPS) is 11.9. The SMILES string of the molecule is COc1ccc(CNS(=O)(=O)c2c(C(F)(F)F)ccc(-c3ccc(CN)cc3)c2-c2nnnn2Cc2ccc(OC)cc2)cc1. The monoisotopic (exact) mass is 638 g/mol. The smallest absolute Gasteiger partial charge is 0.417 e. The summed E-state index contributed by atoms with van der Waals surface area (Å²) < 4.78 is 85.7. The van der Waals surface area contributed by atoms with Gasteiger partial charge in [0.15, 0.2) is 5.82 Å². The predicted octanol–water partition coefficient (Wildman–Crippen LogP) is 5.03. The number of rotatable bonds is 11. The van der Waals surface area contributed by atoms with Crippen LogP contribution in [-0.2, 0) is 35.8 Å². The Labute approximate surface area is 257 Å². The first kappa shape index (κ1) is 31.6. The minimum absolute atomic E-state index is 0.0346. The van der Waals surface area contributed by atoms with E-state index in [1.54, 1.807) is 72.8 Å². The maximum atomic E-state index is 14.6. The lowest BCUT2D eigenvalue weighted by Crippen LogP contribution is -2.27. The number of aromatic nitrogens is 4. The molecule has 0 unspecified atom stereocenters. The number of halogens is 3. The summed E-state index contributed by atoms with van der Waals surface area (Å²) in [5.41, 5.74) is 6.71. The Morgan fingerprint density at radius 1 is 0.822 bits per heavy atom. The Hall–Kier alpha value is -4.79. The summed E-state index contributed by atoms with van der Waals surface area (Å²) in [4.78, 5) is -0.991. The van der Waals surface area contributed by atoms with Gasteiger partial charge in [0.25, 0.3) is 0 Å². The molecule has 0 radical (unpaired) electrons. The molecule has 5 rings (SSSR count). The Kier molecular flexibility index (Phi) is 9.18. The quantitative estimate of drug-likeness (QED) is 0.206. The molecule has 0 aliphatic rings. The van der Waals surface area contributed by atoms with E-state index in [0.717, 1.165) is 11.6 Å². The summed E-state index contributed by atoms with van der Waals surface area (Å²) in [6.45, 7) is -0.00265. The van der Waals surface area contributed by atoms with Crippen LogP contribution in [0.15, 0.2) is 89.8 Å². The van der Waals surface area contributed by atoms with Crippen LogP contribution < -0.4 is 19.9 Å². The lowest BCUT2D eigenvalue weighted by atomic mass is 9.95. The third kappa shape index (κ3) is 6.98. The van der Waals surface area contributed by atoms with Gasteiger partial charge in [-0.2, -0.15) is 13.2 Å². The summed E-state index contributed by atoms with van der Waals surface area (Å²) in [5.74, 6) is 0.980. The highest BCUT2D eigenvalue weighted by atomic mass is 32.2. The van der Waals surface area contributed by atoms with Crippen molar-refractivity contribution in [3.05, 3.63) is 107 Å². The molecular formula is C31H29F3N6O4S. The van der Waals surface area contributed by atoms with Crippen molar-refractivity contribution in [2.24, 2.45) is 5.73 Å². The molecular weight excluding hydrogens is 609 g/mol. The summed E-state index contributed by atoms with van der Waals surface area (Å²) in [7, 11) is -1.83. The van der Waals surface area contributed by atoms with Crippen molar-refractivity contribution in [1.82, 2.24) is 24.9 Å². The molecule has 234 valence electrons. The van der Waals surface area contributed by atoms with Gasteiger partial charge in [-0.15, -0.1) is 5.10 Å². The fourth-order valence-corrected chi connectivity index (χ4v) is 6.20. The van der Waals surface area contributed by atoms with Crippen LogP contribution in [0.2, 0.25) is 0 Å². The van der Waals surface area contributed by atoms with E-state index >= 15 is 0 Å². The van der Waals surface area contributed by atoms with Gasteiger partial charge in [0, 0.05) is 18.7 Å². The summed E-state index contributed by atoms with van der Waals surface area (Å²) in [6, 6.07) is 22.1. The Bertz CT molecular complexity index is 1880. The first-order valence-corrected chi connectivity index (χ1v) is 15.1. The van der Waals surface area contributed by atoms with Crippen molar-refractivity contribution < 1.29 is 31.1 Å². The van der Waals surface area contributed by atoms with E-state index in [4.69, 9.17) is 15.2 Å². The van der Waals surface area contributed by atoms with Crippen molar-refractivity contribution >= 4 is 10.0 Å². The molecule has 1 aromatic heterocycles. The van der Waals surface area contributed by atoms with E-state index in [1.165, 1.54) is 25.0 Å². The van der Waals surface area contributed by atoms with E-state index in [1.807, 2.05) is 0 Å². The number of benzene rings is 4. The number of nitrogens with two attached hydrogens (primary N) is 1. The van der Waals surface area contributed by atoms with Crippen molar-refractivity contribution in [1.29, 1.82) is 0 Å².